The molecule has 2 saturated heterocycles. The first kappa shape index (κ1) is 18.8. The molecule has 5 nitrogen and oxygen atoms in total. The van der Waals surface area contributed by atoms with E-state index in [9.17, 15) is 4.79 Å². The molecule has 2 aliphatic rings. The normalized spacial score (nSPS) is 18.4. The van der Waals surface area contributed by atoms with Crippen LogP contribution in [-0.4, -0.2) is 55.1 Å². The Morgan fingerprint density at radius 2 is 1.57 bits per heavy atom. The SMILES string of the molecule is Cc1ccc(C)c(N2CCN(C(=O)C3CCN(c4ccncc4)CC3)CC2)c1. The maximum Gasteiger partial charge on any atom is 0.225 e. The van der Waals surface area contributed by atoms with Crippen LogP contribution in [0.25, 0.3) is 0 Å². The van der Waals surface area contributed by atoms with Gasteiger partial charge in [0.05, 0.1) is 0 Å². The fourth-order valence-corrected chi connectivity index (χ4v) is 4.43. The fraction of sp³-hybridized carbons (Fsp3) is 0.478. The zero-order chi connectivity index (χ0) is 19.5. The number of pyridine rings is 1. The van der Waals surface area contributed by atoms with Crippen molar-refractivity contribution in [2.45, 2.75) is 26.7 Å². The van der Waals surface area contributed by atoms with Crippen molar-refractivity contribution in [3.8, 4) is 0 Å². The molecule has 5 heteroatoms. The number of hydrogen-bond donors (Lipinski definition) is 0. The molecule has 0 atom stereocenters. The predicted molar refractivity (Wildman–Crippen MR) is 114 cm³/mol. The molecule has 0 saturated carbocycles. The number of anilines is 2. The van der Waals surface area contributed by atoms with E-state index in [-0.39, 0.29) is 5.92 Å². The van der Waals surface area contributed by atoms with Gasteiger partial charge < -0.3 is 14.7 Å². The van der Waals surface area contributed by atoms with Gasteiger partial charge in [-0.3, -0.25) is 9.78 Å². The van der Waals surface area contributed by atoms with Gasteiger partial charge in [0.2, 0.25) is 5.91 Å². The second-order valence-electron chi connectivity index (χ2n) is 8.07. The molecule has 0 N–H and O–H groups in total. The van der Waals surface area contributed by atoms with Gasteiger partial charge in [0.1, 0.15) is 0 Å². The van der Waals surface area contributed by atoms with E-state index in [1.165, 1.54) is 22.5 Å². The summed E-state index contributed by atoms with van der Waals surface area (Å²) in [5, 5.41) is 0. The molecule has 148 valence electrons. The van der Waals surface area contributed by atoms with E-state index in [1.54, 1.807) is 0 Å². The molecule has 0 bridgehead atoms. The van der Waals surface area contributed by atoms with E-state index in [0.29, 0.717) is 5.91 Å². The highest BCUT2D eigenvalue weighted by molar-refractivity contribution is 5.79. The average Bonchev–Trinajstić information content (AvgIpc) is 2.76. The van der Waals surface area contributed by atoms with Gasteiger partial charge in [-0.05, 0) is 56.0 Å². The summed E-state index contributed by atoms with van der Waals surface area (Å²) in [6, 6.07) is 10.7. The molecule has 3 heterocycles. The van der Waals surface area contributed by atoms with Crippen LogP contribution in [0.15, 0.2) is 42.7 Å². The molecular weight excluding hydrogens is 348 g/mol. The smallest absolute Gasteiger partial charge is 0.225 e. The monoisotopic (exact) mass is 378 g/mol. The van der Waals surface area contributed by atoms with Gasteiger partial charge in [0, 0.05) is 69.0 Å². The summed E-state index contributed by atoms with van der Waals surface area (Å²) in [7, 11) is 0. The molecule has 4 rings (SSSR count). The van der Waals surface area contributed by atoms with Gasteiger partial charge >= 0.3 is 0 Å². The molecule has 1 aromatic carbocycles. The van der Waals surface area contributed by atoms with E-state index >= 15 is 0 Å². The zero-order valence-corrected chi connectivity index (χ0v) is 17.0. The first-order valence-corrected chi connectivity index (χ1v) is 10.4. The Hall–Kier alpha value is -2.56. The van der Waals surface area contributed by atoms with E-state index in [1.807, 2.05) is 12.4 Å². The lowest BCUT2D eigenvalue weighted by atomic mass is 9.94. The maximum absolute atomic E-state index is 13.0. The number of benzene rings is 1. The third-order valence-corrected chi connectivity index (χ3v) is 6.17. The second kappa shape index (κ2) is 8.21. The van der Waals surface area contributed by atoms with Gasteiger partial charge in [-0.15, -0.1) is 0 Å². The Bertz CT molecular complexity index is 807. The summed E-state index contributed by atoms with van der Waals surface area (Å²) in [5.41, 5.74) is 5.13. The third kappa shape index (κ3) is 3.98. The zero-order valence-electron chi connectivity index (χ0n) is 17.0. The second-order valence-corrected chi connectivity index (χ2v) is 8.07. The first-order valence-electron chi connectivity index (χ1n) is 10.4. The Labute approximate surface area is 168 Å². The molecule has 2 fully saturated rings. The molecular formula is C23H30N4O. The lowest BCUT2D eigenvalue weighted by Gasteiger charge is -2.40. The molecule has 2 aliphatic heterocycles. The minimum atomic E-state index is 0.172. The van der Waals surface area contributed by atoms with Gasteiger partial charge in [0.25, 0.3) is 0 Å². The number of piperazine rings is 1. The van der Waals surface area contributed by atoms with Crippen LogP contribution in [0.5, 0.6) is 0 Å². The molecule has 0 aliphatic carbocycles. The highest BCUT2D eigenvalue weighted by Crippen LogP contribution is 2.26. The number of piperidine rings is 1. The van der Waals surface area contributed by atoms with Crippen LogP contribution in [0, 0.1) is 19.8 Å². The number of rotatable bonds is 3. The highest BCUT2D eigenvalue weighted by Gasteiger charge is 2.30. The van der Waals surface area contributed by atoms with E-state index in [4.69, 9.17) is 0 Å². The first-order chi connectivity index (χ1) is 13.6. The van der Waals surface area contributed by atoms with Crippen LogP contribution in [0.4, 0.5) is 11.4 Å². The highest BCUT2D eigenvalue weighted by atomic mass is 16.2. The Balaban J connectivity index is 1.30. The molecule has 1 amide bonds. The van der Waals surface area contributed by atoms with Crippen molar-refractivity contribution in [1.82, 2.24) is 9.88 Å². The Morgan fingerprint density at radius 3 is 2.25 bits per heavy atom. The third-order valence-electron chi connectivity index (χ3n) is 6.17. The molecule has 0 radical (unpaired) electrons. The Kier molecular flexibility index (Phi) is 5.51. The summed E-state index contributed by atoms with van der Waals surface area (Å²) in [4.78, 5) is 24.0. The number of aromatic nitrogens is 1. The minimum Gasteiger partial charge on any atom is -0.371 e. The van der Waals surface area contributed by atoms with Crippen molar-refractivity contribution in [3.05, 3.63) is 53.9 Å². The van der Waals surface area contributed by atoms with E-state index < -0.39 is 0 Å². The number of hydrogen-bond acceptors (Lipinski definition) is 4. The number of carbonyl (C=O) groups excluding carboxylic acids is 1. The quantitative estimate of drug-likeness (QED) is 0.822. The summed E-state index contributed by atoms with van der Waals surface area (Å²) < 4.78 is 0. The molecule has 2 aromatic rings. The van der Waals surface area contributed by atoms with Gasteiger partial charge in [0.15, 0.2) is 0 Å². The minimum absolute atomic E-state index is 0.172. The lowest BCUT2D eigenvalue weighted by Crippen LogP contribution is -2.51. The van der Waals surface area contributed by atoms with Gasteiger partial charge in [-0.2, -0.15) is 0 Å². The van der Waals surface area contributed by atoms with Crippen molar-refractivity contribution >= 4 is 17.3 Å². The van der Waals surface area contributed by atoms with Gasteiger partial charge in [-0.25, -0.2) is 0 Å². The number of amides is 1. The van der Waals surface area contributed by atoms with Crippen LogP contribution in [0.3, 0.4) is 0 Å². The van der Waals surface area contributed by atoms with Crippen LogP contribution in [0.2, 0.25) is 0 Å². The topological polar surface area (TPSA) is 39.7 Å². The largest absolute Gasteiger partial charge is 0.371 e. The van der Waals surface area contributed by atoms with Crippen molar-refractivity contribution in [2.75, 3.05) is 49.1 Å². The fourth-order valence-electron chi connectivity index (χ4n) is 4.43. The van der Waals surface area contributed by atoms with Gasteiger partial charge in [-0.1, -0.05) is 12.1 Å². The number of carbonyl (C=O) groups is 1. The number of aryl methyl sites for hydroxylation is 2. The van der Waals surface area contributed by atoms with E-state index in [0.717, 1.165) is 52.1 Å². The van der Waals surface area contributed by atoms with Crippen LogP contribution < -0.4 is 9.80 Å². The summed E-state index contributed by atoms with van der Waals surface area (Å²) in [6.45, 7) is 9.71. The lowest BCUT2D eigenvalue weighted by molar-refractivity contribution is -0.136. The van der Waals surface area contributed by atoms with Crippen molar-refractivity contribution in [1.29, 1.82) is 0 Å². The number of nitrogens with zero attached hydrogens (tertiary/aromatic N) is 4. The molecule has 0 spiro atoms. The summed E-state index contributed by atoms with van der Waals surface area (Å²) >= 11 is 0. The summed E-state index contributed by atoms with van der Waals surface area (Å²) in [5.74, 6) is 0.528. The van der Waals surface area contributed by atoms with E-state index in [2.05, 4.69) is 63.9 Å². The maximum atomic E-state index is 13.0. The van der Waals surface area contributed by atoms with Crippen LogP contribution in [-0.2, 0) is 4.79 Å². The van der Waals surface area contributed by atoms with Crippen LogP contribution in [0.1, 0.15) is 24.0 Å². The van der Waals surface area contributed by atoms with Crippen molar-refractivity contribution in [2.24, 2.45) is 5.92 Å². The standard InChI is InChI=1S/C23H30N4O/c1-18-3-4-19(2)22(17-18)26-13-15-27(16-14-26)23(28)20-7-11-25(12-8-20)21-5-9-24-10-6-21/h3-6,9-10,17,20H,7-8,11-16H2,1-2H3. The van der Waals surface area contributed by atoms with Crippen molar-refractivity contribution < 1.29 is 4.79 Å². The van der Waals surface area contributed by atoms with Crippen LogP contribution >= 0.6 is 0 Å². The average molecular weight is 379 g/mol. The molecule has 28 heavy (non-hydrogen) atoms. The molecule has 0 unspecified atom stereocenters. The summed E-state index contributed by atoms with van der Waals surface area (Å²) in [6.07, 6.45) is 5.56. The Morgan fingerprint density at radius 1 is 0.893 bits per heavy atom. The predicted octanol–water partition coefficient (Wildman–Crippen LogP) is 3.26. The molecule has 1 aromatic heterocycles. The van der Waals surface area contributed by atoms with Crippen molar-refractivity contribution in [3.63, 3.8) is 0 Å².